The topological polar surface area (TPSA) is 58.2 Å². The molecule has 0 radical (unpaired) electrons. The summed E-state index contributed by atoms with van der Waals surface area (Å²) in [5.74, 6) is -0.222. The lowest BCUT2D eigenvalue weighted by molar-refractivity contribution is -0.124. The van der Waals surface area contributed by atoms with Gasteiger partial charge in [-0.05, 0) is 30.9 Å². The van der Waals surface area contributed by atoms with E-state index in [0.29, 0.717) is 6.42 Å². The summed E-state index contributed by atoms with van der Waals surface area (Å²) in [6.45, 7) is 2.03. The Hall–Kier alpha value is -1.84. The maximum Gasteiger partial charge on any atom is 0.322 e. The van der Waals surface area contributed by atoms with Gasteiger partial charge in [0.2, 0.25) is 0 Å². The van der Waals surface area contributed by atoms with Crippen LogP contribution in [0.3, 0.4) is 0 Å². The lowest BCUT2D eigenvalue weighted by Gasteiger charge is -2.20. The Kier molecular flexibility index (Phi) is 1.67. The van der Waals surface area contributed by atoms with Crippen LogP contribution in [0.25, 0.3) is 0 Å². The van der Waals surface area contributed by atoms with Crippen LogP contribution in [-0.4, -0.2) is 11.9 Å². The predicted molar refractivity (Wildman–Crippen MR) is 57.9 cm³/mol. The molecule has 4 nitrogen and oxygen atoms in total. The van der Waals surface area contributed by atoms with Crippen molar-refractivity contribution in [1.82, 2.24) is 10.6 Å². The van der Waals surface area contributed by atoms with Crippen LogP contribution in [-0.2, 0) is 16.8 Å². The SMILES string of the molecule is Cc1ccc2c(c1)CCC21NC(=O)NC1=O. The summed E-state index contributed by atoms with van der Waals surface area (Å²) in [7, 11) is 0. The summed E-state index contributed by atoms with van der Waals surface area (Å²) in [5, 5.41) is 5.07. The first-order chi connectivity index (χ1) is 7.62. The Morgan fingerprint density at radius 1 is 1.31 bits per heavy atom. The van der Waals surface area contributed by atoms with Gasteiger partial charge in [0.05, 0.1) is 0 Å². The molecule has 1 aromatic rings. The van der Waals surface area contributed by atoms with E-state index in [9.17, 15) is 9.59 Å². The molecule has 0 aromatic heterocycles. The van der Waals surface area contributed by atoms with Gasteiger partial charge in [-0.2, -0.15) is 0 Å². The molecule has 1 heterocycles. The molecule has 2 N–H and O–H groups in total. The van der Waals surface area contributed by atoms with Crippen LogP contribution in [0, 0.1) is 6.92 Å². The van der Waals surface area contributed by atoms with E-state index in [4.69, 9.17) is 0 Å². The highest BCUT2D eigenvalue weighted by molar-refractivity contribution is 6.08. The van der Waals surface area contributed by atoms with Gasteiger partial charge >= 0.3 is 6.03 Å². The minimum atomic E-state index is -0.805. The quantitative estimate of drug-likeness (QED) is 0.635. The van der Waals surface area contributed by atoms with Crippen molar-refractivity contribution in [2.75, 3.05) is 0 Å². The maximum atomic E-state index is 11.9. The molecule has 1 fully saturated rings. The van der Waals surface area contributed by atoms with E-state index in [-0.39, 0.29) is 5.91 Å². The maximum absolute atomic E-state index is 11.9. The van der Waals surface area contributed by atoms with E-state index in [1.165, 1.54) is 5.56 Å². The molecule has 1 aliphatic heterocycles. The fourth-order valence-electron chi connectivity index (χ4n) is 2.66. The number of carbonyl (C=O) groups excluding carboxylic acids is 2. The smallest absolute Gasteiger partial charge is 0.319 e. The van der Waals surface area contributed by atoms with Gasteiger partial charge in [0.25, 0.3) is 5.91 Å². The molecule has 4 heteroatoms. The van der Waals surface area contributed by atoms with E-state index in [1.54, 1.807) is 0 Å². The average molecular weight is 216 g/mol. The molecule has 3 rings (SSSR count). The molecule has 1 unspecified atom stereocenters. The summed E-state index contributed by atoms with van der Waals surface area (Å²) >= 11 is 0. The van der Waals surface area contributed by atoms with Crippen LogP contribution in [0.5, 0.6) is 0 Å². The minimum absolute atomic E-state index is 0.222. The number of carbonyl (C=O) groups is 2. The number of urea groups is 1. The molecule has 1 aliphatic carbocycles. The normalized spacial score (nSPS) is 26.8. The Morgan fingerprint density at radius 3 is 2.81 bits per heavy atom. The first-order valence-electron chi connectivity index (χ1n) is 5.35. The predicted octanol–water partition coefficient (Wildman–Crippen LogP) is 0.976. The highest BCUT2D eigenvalue weighted by Crippen LogP contribution is 2.39. The summed E-state index contributed by atoms with van der Waals surface area (Å²) in [6, 6.07) is 5.62. The third-order valence-electron chi connectivity index (χ3n) is 3.43. The number of aryl methyl sites for hydroxylation is 2. The van der Waals surface area contributed by atoms with Crippen LogP contribution in [0.4, 0.5) is 4.79 Å². The van der Waals surface area contributed by atoms with Crippen molar-refractivity contribution >= 4 is 11.9 Å². The molecule has 1 atom stereocenters. The first kappa shape index (κ1) is 9.39. The van der Waals surface area contributed by atoms with Gasteiger partial charge in [0.1, 0.15) is 5.54 Å². The lowest BCUT2D eigenvalue weighted by atomic mass is 9.91. The van der Waals surface area contributed by atoms with Crippen molar-refractivity contribution in [2.45, 2.75) is 25.3 Å². The summed E-state index contributed by atoms with van der Waals surface area (Å²) < 4.78 is 0. The number of hydrogen-bond acceptors (Lipinski definition) is 2. The van der Waals surface area contributed by atoms with E-state index in [0.717, 1.165) is 17.5 Å². The average Bonchev–Trinajstić information content (AvgIpc) is 2.70. The fraction of sp³-hybridized carbons (Fsp3) is 0.333. The second-order valence-electron chi connectivity index (χ2n) is 4.47. The molecule has 0 saturated carbocycles. The minimum Gasteiger partial charge on any atom is -0.319 e. The van der Waals surface area contributed by atoms with Crippen LogP contribution in [0.15, 0.2) is 18.2 Å². The van der Waals surface area contributed by atoms with Crippen molar-refractivity contribution < 1.29 is 9.59 Å². The second kappa shape index (κ2) is 2.84. The van der Waals surface area contributed by atoms with E-state index in [2.05, 4.69) is 16.7 Å². The van der Waals surface area contributed by atoms with Crippen molar-refractivity contribution in [2.24, 2.45) is 0 Å². The molecule has 1 aromatic carbocycles. The molecular formula is C12H12N2O2. The van der Waals surface area contributed by atoms with Gasteiger partial charge in [0, 0.05) is 0 Å². The zero-order valence-corrected chi connectivity index (χ0v) is 8.96. The monoisotopic (exact) mass is 216 g/mol. The molecular weight excluding hydrogens is 204 g/mol. The molecule has 2 aliphatic rings. The number of hydrogen-bond donors (Lipinski definition) is 2. The summed E-state index contributed by atoms with van der Waals surface area (Å²) in [4.78, 5) is 23.1. The van der Waals surface area contributed by atoms with E-state index in [1.807, 2.05) is 19.1 Å². The van der Waals surface area contributed by atoms with Crippen LogP contribution < -0.4 is 10.6 Å². The van der Waals surface area contributed by atoms with Crippen molar-refractivity contribution in [3.63, 3.8) is 0 Å². The van der Waals surface area contributed by atoms with E-state index >= 15 is 0 Å². The number of rotatable bonds is 0. The molecule has 16 heavy (non-hydrogen) atoms. The van der Waals surface area contributed by atoms with Gasteiger partial charge in [-0.25, -0.2) is 4.79 Å². The van der Waals surface area contributed by atoms with Crippen LogP contribution in [0.1, 0.15) is 23.1 Å². The molecule has 3 amide bonds. The van der Waals surface area contributed by atoms with E-state index < -0.39 is 11.6 Å². The van der Waals surface area contributed by atoms with Crippen molar-refractivity contribution in [3.05, 3.63) is 34.9 Å². The Labute approximate surface area is 93.0 Å². The van der Waals surface area contributed by atoms with Crippen molar-refractivity contribution in [3.8, 4) is 0 Å². The summed E-state index contributed by atoms with van der Waals surface area (Å²) in [5.41, 5.74) is 2.49. The van der Waals surface area contributed by atoms with Crippen LogP contribution in [0.2, 0.25) is 0 Å². The Morgan fingerprint density at radius 2 is 2.12 bits per heavy atom. The highest BCUT2D eigenvalue weighted by Gasteiger charge is 2.51. The number of nitrogens with one attached hydrogen (secondary N) is 2. The van der Waals surface area contributed by atoms with Gasteiger partial charge in [-0.1, -0.05) is 23.8 Å². The van der Waals surface area contributed by atoms with Gasteiger partial charge in [0.15, 0.2) is 0 Å². The number of imide groups is 1. The van der Waals surface area contributed by atoms with Crippen LogP contribution >= 0.6 is 0 Å². The Bertz CT molecular complexity index is 510. The molecule has 1 spiro atoms. The van der Waals surface area contributed by atoms with Gasteiger partial charge < -0.3 is 5.32 Å². The summed E-state index contributed by atoms with van der Waals surface area (Å²) in [6.07, 6.45) is 1.49. The molecule has 0 bridgehead atoms. The first-order valence-corrected chi connectivity index (χ1v) is 5.35. The number of fused-ring (bicyclic) bond motifs is 2. The van der Waals surface area contributed by atoms with Gasteiger partial charge in [-0.15, -0.1) is 0 Å². The lowest BCUT2D eigenvalue weighted by Crippen LogP contribution is -2.41. The second-order valence-corrected chi connectivity index (χ2v) is 4.47. The Balaban J connectivity index is 2.15. The van der Waals surface area contributed by atoms with Crippen molar-refractivity contribution in [1.29, 1.82) is 0 Å². The fourth-order valence-corrected chi connectivity index (χ4v) is 2.66. The zero-order valence-electron chi connectivity index (χ0n) is 8.96. The number of amides is 3. The zero-order chi connectivity index (χ0) is 11.3. The molecule has 82 valence electrons. The highest BCUT2D eigenvalue weighted by atomic mass is 16.2. The third kappa shape index (κ3) is 1.04. The number of benzene rings is 1. The molecule has 1 saturated heterocycles. The standard InChI is InChI=1S/C12H12N2O2/c1-7-2-3-9-8(6-7)4-5-12(9)10(15)13-11(16)14-12/h2-3,6H,4-5H2,1H3,(H2,13,14,15,16). The van der Waals surface area contributed by atoms with Gasteiger partial charge in [-0.3, -0.25) is 10.1 Å². The third-order valence-corrected chi connectivity index (χ3v) is 3.43. The largest absolute Gasteiger partial charge is 0.322 e.